The summed E-state index contributed by atoms with van der Waals surface area (Å²) in [7, 11) is 0. The Balaban J connectivity index is 1.57. The topological polar surface area (TPSA) is 135 Å². The summed E-state index contributed by atoms with van der Waals surface area (Å²) in [5, 5.41) is 24.6. The van der Waals surface area contributed by atoms with Gasteiger partial charge in [-0.3, -0.25) is 20.2 Å². The van der Waals surface area contributed by atoms with E-state index in [1.807, 2.05) is 60.7 Å². The average molecular weight is 547 g/mol. The van der Waals surface area contributed by atoms with Gasteiger partial charge in [0.15, 0.2) is 0 Å². The lowest BCUT2D eigenvalue weighted by atomic mass is 10.0. The number of aromatic nitrogens is 2. The van der Waals surface area contributed by atoms with Crippen LogP contribution in [-0.2, 0) is 11.2 Å². The molecule has 9 nitrogen and oxygen atoms in total. The van der Waals surface area contributed by atoms with Gasteiger partial charge in [0, 0.05) is 35.0 Å². The third kappa shape index (κ3) is 4.62. The van der Waals surface area contributed by atoms with Gasteiger partial charge in [-0.15, -0.1) is 0 Å². The number of nitrogens with zero attached hydrogens (tertiary/aromatic N) is 4. The summed E-state index contributed by atoms with van der Waals surface area (Å²) in [4.78, 5) is 31.0. The van der Waals surface area contributed by atoms with E-state index in [0.29, 0.717) is 33.3 Å². The van der Waals surface area contributed by atoms with E-state index in [1.54, 1.807) is 24.3 Å². The van der Waals surface area contributed by atoms with Crippen LogP contribution in [0.5, 0.6) is 0 Å². The summed E-state index contributed by atoms with van der Waals surface area (Å²) in [5.74, 6) is 0. The van der Waals surface area contributed by atoms with Gasteiger partial charge >= 0.3 is 0 Å². The van der Waals surface area contributed by atoms with Crippen LogP contribution >= 0.6 is 0 Å². The minimum absolute atomic E-state index is 0.0585. The third-order valence-corrected chi connectivity index (χ3v) is 7.83. The molecular formula is C30H18N4O5S. The van der Waals surface area contributed by atoms with Gasteiger partial charge in [-0.1, -0.05) is 36.4 Å². The highest BCUT2D eigenvalue weighted by atomic mass is 32.2. The zero-order valence-electron chi connectivity index (χ0n) is 20.6. The zero-order chi connectivity index (χ0) is 27.8. The molecule has 0 saturated carbocycles. The van der Waals surface area contributed by atoms with Gasteiger partial charge in [0.2, 0.25) is 0 Å². The first-order chi connectivity index (χ1) is 19.4. The predicted octanol–water partition coefficient (Wildman–Crippen LogP) is 7.10. The number of pyridine rings is 2. The average Bonchev–Trinajstić information content (AvgIpc) is 2.99. The quantitative estimate of drug-likeness (QED) is 0.123. The molecule has 10 heteroatoms. The highest BCUT2D eigenvalue weighted by Crippen LogP contribution is 2.38. The van der Waals surface area contributed by atoms with Crippen LogP contribution in [0.2, 0.25) is 0 Å². The van der Waals surface area contributed by atoms with Crippen molar-refractivity contribution in [3.8, 4) is 22.3 Å². The minimum atomic E-state index is -1.90. The first-order valence-corrected chi connectivity index (χ1v) is 13.2. The molecule has 0 atom stereocenters. The minimum Gasteiger partial charge on any atom is -0.604 e. The zero-order valence-corrected chi connectivity index (χ0v) is 21.4. The van der Waals surface area contributed by atoms with Crippen molar-refractivity contribution in [1.29, 1.82) is 0 Å². The van der Waals surface area contributed by atoms with Crippen molar-refractivity contribution in [2.45, 2.75) is 10.1 Å². The Morgan fingerprint density at radius 2 is 0.925 bits per heavy atom. The molecule has 0 amide bonds. The van der Waals surface area contributed by atoms with E-state index in [4.69, 9.17) is 9.97 Å². The molecule has 0 radical (unpaired) electrons. The van der Waals surface area contributed by atoms with Gasteiger partial charge in [-0.2, -0.15) is 0 Å². The summed E-state index contributed by atoms with van der Waals surface area (Å²) in [6.07, 6.45) is 0. The Bertz CT molecular complexity index is 1790. The summed E-state index contributed by atoms with van der Waals surface area (Å²) in [6.45, 7) is 0. The van der Waals surface area contributed by atoms with Crippen molar-refractivity contribution < 1.29 is 14.4 Å². The Kier molecular flexibility index (Phi) is 6.39. The van der Waals surface area contributed by atoms with Crippen molar-refractivity contribution >= 4 is 44.4 Å². The molecule has 0 aliphatic heterocycles. The Hall–Kier alpha value is -5.19. The summed E-state index contributed by atoms with van der Waals surface area (Å²) in [5.41, 5.74) is 3.49. The van der Waals surface area contributed by atoms with Gasteiger partial charge in [-0.05, 0) is 59.7 Å². The Labute approximate surface area is 230 Å². The van der Waals surface area contributed by atoms with E-state index in [1.165, 1.54) is 24.3 Å². The number of para-hydroxylation sites is 2. The van der Waals surface area contributed by atoms with Crippen molar-refractivity contribution in [3.05, 3.63) is 129 Å². The predicted molar refractivity (Wildman–Crippen MR) is 152 cm³/mol. The summed E-state index contributed by atoms with van der Waals surface area (Å²) in [6, 6.07) is 30.6. The maximum Gasteiger partial charge on any atom is 0.269 e. The second-order valence-corrected chi connectivity index (χ2v) is 10.3. The van der Waals surface area contributed by atoms with Crippen molar-refractivity contribution in [3.63, 3.8) is 0 Å². The summed E-state index contributed by atoms with van der Waals surface area (Å²) >= 11 is -1.90. The lowest BCUT2D eigenvalue weighted by Crippen LogP contribution is -2.11. The number of nitro groups is 2. The third-order valence-electron chi connectivity index (χ3n) is 6.51. The molecule has 0 N–H and O–H groups in total. The Morgan fingerprint density at radius 1 is 0.550 bits per heavy atom. The molecule has 4 aromatic carbocycles. The van der Waals surface area contributed by atoms with E-state index in [2.05, 4.69) is 0 Å². The lowest BCUT2D eigenvalue weighted by molar-refractivity contribution is -0.385. The molecule has 0 fully saturated rings. The smallest absolute Gasteiger partial charge is 0.269 e. The van der Waals surface area contributed by atoms with Crippen LogP contribution in [0.1, 0.15) is 0 Å². The summed E-state index contributed by atoms with van der Waals surface area (Å²) < 4.78 is 14.4. The van der Waals surface area contributed by atoms with E-state index in [-0.39, 0.29) is 21.4 Å². The van der Waals surface area contributed by atoms with Gasteiger partial charge < -0.3 is 4.55 Å². The van der Waals surface area contributed by atoms with Crippen LogP contribution < -0.4 is 0 Å². The second-order valence-electron chi connectivity index (χ2n) is 8.94. The number of nitro benzene ring substituents is 2. The molecule has 40 heavy (non-hydrogen) atoms. The number of rotatable bonds is 6. The largest absolute Gasteiger partial charge is 0.604 e. The highest BCUT2D eigenvalue weighted by molar-refractivity contribution is 7.91. The molecule has 2 heterocycles. The molecule has 6 rings (SSSR count). The number of fused-ring (bicyclic) bond motifs is 2. The Morgan fingerprint density at radius 3 is 1.30 bits per heavy atom. The number of non-ortho nitro benzene ring substituents is 2. The monoisotopic (exact) mass is 546 g/mol. The normalized spacial score (nSPS) is 11.2. The highest BCUT2D eigenvalue weighted by Gasteiger charge is 2.29. The molecule has 0 aliphatic rings. The van der Waals surface area contributed by atoms with E-state index >= 15 is 0 Å². The van der Waals surface area contributed by atoms with Gasteiger partial charge in [0.25, 0.3) is 21.4 Å². The molecular weight excluding hydrogens is 528 g/mol. The fourth-order valence-corrected chi connectivity index (χ4v) is 5.81. The van der Waals surface area contributed by atoms with Crippen LogP contribution in [0.4, 0.5) is 11.4 Å². The first-order valence-electron chi connectivity index (χ1n) is 12.1. The SMILES string of the molecule is O=[N+]([O-])c1ccc(-c2cc3ccccc3nc2[S+]([O-])c2nc3ccccc3cc2-c2ccc([N+](=O)[O-])cc2)cc1. The van der Waals surface area contributed by atoms with E-state index in [9.17, 15) is 24.8 Å². The number of benzene rings is 4. The van der Waals surface area contributed by atoms with Gasteiger partial charge in [0.1, 0.15) is 0 Å². The van der Waals surface area contributed by atoms with Crippen LogP contribution in [0.15, 0.2) is 119 Å². The first kappa shape index (κ1) is 25.1. The molecule has 2 aromatic heterocycles. The van der Waals surface area contributed by atoms with Crippen LogP contribution in [0.3, 0.4) is 0 Å². The molecule has 194 valence electrons. The molecule has 0 bridgehead atoms. The lowest BCUT2D eigenvalue weighted by Gasteiger charge is -2.16. The fraction of sp³-hybridized carbons (Fsp3) is 0. The van der Waals surface area contributed by atoms with Gasteiger partial charge in [0.05, 0.1) is 43.2 Å². The molecule has 0 aliphatic carbocycles. The standard InChI is InChI=1S/C30H18N4O5S/c35-33(36)23-13-9-19(10-14-23)25-17-21-5-1-3-7-27(21)31-29(25)40(39)30-26(18-22-6-2-4-8-28(22)32-30)20-11-15-24(16-12-20)34(37)38/h1-18H. The second kappa shape index (κ2) is 10.2. The van der Waals surface area contributed by atoms with E-state index in [0.717, 1.165) is 10.8 Å². The van der Waals surface area contributed by atoms with Crippen LogP contribution in [0.25, 0.3) is 44.1 Å². The number of hydrogen-bond acceptors (Lipinski definition) is 7. The van der Waals surface area contributed by atoms with E-state index < -0.39 is 21.0 Å². The fourth-order valence-electron chi connectivity index (χ4n) is 4.51. The maximum absolute atomic E-state index is 14.4. The molecule has 6 aromatic rings. The van der Waals surface area contributed by atoms with Crippen molar-refractivity contribution in [1.82, 2.24) is 9.97 Å². The molecule has 0 saturated heterocycles. The van der Waals surface area contributed by atoms with Gasteiger partial charge in [-0.25, -0.2) is 9.97 Å². The number of hydrogen-bond donors (Lipinski definition) is 0. The van der Waals surface area contributed by atoms with Crippen molar-refractivity contribution in [2.24, 2.45) is 0 Å². The molecule has 0 spiro atoms. The van der Waals surface area contributed by atoms with Crippen LogP contribution in [0, 0.1) is 20.2 Å². The van der Waals surface area contributed by atoms with Crippen molar-refractivity contribution in [2.75, 3.05) is 0 Å². The molecule has 0 unspecified atom stereocenters. The van der Waals surface area contributed by atoms with Crippen LogP contribution in [-0.4, -0.2) is 24.4 Å². The maximum atomic E-state index is 14.4.